The molecule has 3 heteroatoms. The van der Waals surface area contributed by atoms with E-state index in [1.165, 1.54) is 12.1 Å². The summed E-state index contributed by atoms with van der Waals surface area (Å²) in [7, 11) is 0. The summed E-state index contributed by atoms with van der Waals surface area (Å²) in [5.74, 6) is -0.385. The van der Waals surface area contributed by atoms with E-state index >= 15 is 0 Å². The molecule has 0 aliphatic carbocycles. The summed E-state index contributed by atoms with van der Waals surface area (Å²) in [6, 6.07) is 6.07. The summed E-state index contributed by atoms with van der Waals surface area (Å²) in [4.78, 5) is 13.5. The molecule has 0 aliphatic heterocycles. The number of halogens is 1. The first-order valence-electron chi connectivity index (χ1n) is 5.41. The van der Waals surface area contributed by atoms with Gasteiger partial charge in [0, 0.05) is 13.1 Å². The van der Waals surface area contributed by atoms with Gasteiger partial charge in [0.15, 0.2) is 0 Å². The Kier molecular flexibility index (Phi) is 5.14. The van der Waals surface area contributed by atoms with Crippen LogP contribution in [0.1, 0.15) is 5.56 Å². The van der Waals surface area contributed by atoms with Gasteiger partial charge in [-0.3, -0.25) is 4.79 Å². The van der Waals surface area contributed by atoms with Crippen molar-refractivity contribution < 1.29 is 9.18 Å². The molecule has 2 nitrogen and oxygen atoms in total. The Balaban J connectivity index is 2.68. The fourth-order valence-corrected chi connectivity index (χ4v) is 1.52. The Bertz CT molecular complexity index is 404. The van der Waals surface area contributed by atoms with Crippen molar-refractivity contribution in [3.63, 3.8) is 0 Å². The molecular formula is C14H16FNO. The molecule has 0 radical (unpaired) electrons. The van der Waals surface area contributed by atoms with E-state index in [0.717, 1.165) is 0 Å². The highest BCUT2D eigenvalue weighted by Gasteiger charge is 2.11. The molecule has 0 atom stereocenters. The highest BCUT2D eigenvalue weighted by Crippen LogP contribution is 2.06. The molecule has 0 aliphatic rings. The Morgan fingerprint density at radius 2 is 1.94 bits per heavy atom. The van der Waals surface area contributed by atoms with Crippen molar-refractivity contribution in [1.29, 1.82) is 0 Å². The number of benzene rings is 1. The third-order valence-corrected chi connectivity index (χ3v) is 2.30. The van der Waals surface area contributed by atoms with Crippen molar-refractivity contribution in [1.82, 2.24) is 4.90 Å². The van der Waals surface area contributed by atoms with Crippen LogP contribution in [0, 0.1) is 5.82 Å². The number of hydrogen-bond acceptors (Lipinski definition) is 1. The third kappa shape index (κ3) is 4.23. The summed E-state index contributed by atoms with van der Waals surface area (Å²) < 4.78 is 13.0. The van der Waals surface area contributed by atoms with Crippen LogP contribution in [0.3, 0.4) is 0 Å². The zero-order chi connectivity index (χ0) is 12.7. The van der Waals surface area contributed by atoms with Crippen LogP contribution in [-0.4, -0.2) is 23.9 Å². The molecule has 0 aromatic heterocycles. The van der Waals surface area contributed by atoms with Gasteiger partial charge in [0.25, 0.3) is 0 Å². The van der Waals surface area contributed by atoms with Crippen LogP contribution in [0.15, 0.2) is 49.6 Å². The molecule has 1 rings (SSSR count). The second kappa shape index (κ2) is 6.63. The van der Waals surface area contributed by atoms with Crippen molar-refractivity contribution in [3.05, 3.63) is 61.0 Å². The molecule has 1 aromatic carbocycles. The summed E-state index contributed by atoms with van der Waals surface area (Å²) in [5.41, 5.74) is 0.674. The van der Waals surface area contributed by atoms with Gasteiger partial charge in [0.2, 0.25) is 5.91 Å². The maximum atomic E-state index is 13.0. The van der Waals surface area contributed by atoms with Gasteiger partial charge in [-0.05, 0) is 17.7 Å². The minimum Gasteiger partial charge on any atom is -0.335 e. The number of carbonyl (C=O) groups excluding carboxylic acids is 1. The van der Waals surface area contributed by atoms with E-state index in [1.807, 2.05) is 0 Å². The van der Waals surface area contributed by atoms with E-state index < -0.39 is 0 Å². The highest BCUT2D eigenvalue weighted by atomic mass is 19.1. The Hall–Kier alpha value is -1.90. The molecule has 0 unspecified atom stereocenters. The molecule has 0 spiro atoms. The maximum absolute atomic E-state index is 13.0. The van der Waals surface area contributed by atoms with E-state index in [-0.39, 0.29) is 18.1 Å². The fraction of sp³-hybridized carbons (Fsp3) is 0.214. The van der Waals surface area contributed by atoms with Crippen LogP contribution in [0.25, 0.3) is 0 Å². The number of hydrogen-bond donors (Lipinski definition) is 0. The van der Waals surface area contributed by atoms with Crippen LogP contribution in [0.4, 0.5) is 4.39 Å². The van der Waals surface area contributed by atoms with Gasteiger partial charge in [-0.25, -0.2) is 4.39 Å². The van der Waals surface area contributed by atoms with Gasteiger partial charge in [0.05, 0.1) is 6.42 Å². The first kappa shape index (κ1) is 13.2. The smallest absolute Gasteiger partial charge is 0.227 e. The van der Waals surface area contributed by atoms with Crippen molar-refractivity contribution >= 4 is 5.91 Å². The number of rotatable bonds is 6. The molecule has 17 heavy (non-hydrogen) atoms. The minimum absolute atomic E-state index is 0.0598. The first-order valence-corrected chi connectivity index (χ1v) is 5.41. The van der Waals surface area contributed by atoms with Gasteiger partial charge in [-0.1, -0.05) is 24.3 Å². The normalized spacial score (nSPS) is 9.71. The molecule has 1 amide bonds. The molecule has 0 fully saturated rings. The predicted octanol–water partition coefficient (Wildman–Crippen LogP) is 2.57. The van der Waals surface area contributed by atoms with Gasteiger partial charge in [-0.15, -0.1) is 13.2 Å². The molecule has 90 valence electrons. The van der Waals surface area contributed by atoms with Crippen LogP contribution in [0.2, 0.25) is 0 Å². The fourth-order valence-electron chi connectivity index (χ4n) is 1.52. The zero-order valence-electron chi connectivity index (χ0n) is 9.73. The van der Waals surface area contributed by atoms with Gasteiger partial charge < -0.3 is 4.90 Å². The summed E-state index contributed by atoms with van der Waals surface area (Å²) in [6.07, 6.45) is 3.51. The molecule has 0 bridgehead atoms. The maximum Gasteiger partial charge on any atom is 0.227 e. The first-order chi connectivity index (χ1) is 8.17. The number of nitrogens with zero attached hydrogens (tertiary/aromatic N) is 1. The number of amides is 1. The van der Waals surface area contributed by atoms with Crippen molar-refractivity contribution in [2.45, 2.75) is 6.42 Å². The topological polar surface area (TPSA) is 20.3 Å². The van der Waals surface area contributed by atoms with Crippen molar-refractivity contribution in [2.24, 2.45) is 0 Å². The highest BCUT2D eigenvalue weighted by molar-refractivity contribution is 5.79. The average Bonchev–Trinajstić information content (AvgIpc) is 2.28. The lowest BCUT2D eigenvalue weighted by molar-refractivity contribution is -0.129. The van der Waals surface area contributed by atoms with Crippen molar-refractivity contribution in [3.8, 4) is 0 Å². The minimum atomic E-state index is -0.325. The largest absolute Gasteiger partial charge is 0.335 e. The van der Waals surface area contributed by atoms with Gasteiger partial charge in [-0.2, -0.15) is 0 Å². The van der Waals surface area contributed by atoms with E-state index in [2.05, 4.69) is 13.2 Å². The van der Waals surface area contributed by atoms with Crippen LogP contribution in [0.5, 0.6) is 0 Å². The molecule has 0 heterocycles. The monoisotopic (exact) mass is 233 g/mol. The third-order valence-electron chi connectivity index (χ3n) is 2.30. The molecule has 0 saturated heterocycles. The van der Waals surface area contributed by atoms with E-state index in [9.17, 15) is 9.18 Å². The zero-order valence-corrected chi connectivity index (χ0v) is 9.73. The molecule has 1 aromatic rings. The molecule has 0 N–H and O–H groups in total. The summed E-state index contributed by atoms with van der Waals surface area (Å²) in [6.45, 7) is 8.14. The second-order valence-electron chi connectivity index (χ2n) is 3.68. The van der Waals surface area contributed by atoms with Crippen molar-refractivity contribution in [2.75, 3.05) is 13.1 Å². The lowest BCUT2D eigenvalue weighted by Gasteiger charge is -2.19. The van der Waals surface area contributed by atoms with Gasteiger partial charge >= 0.3 is 0 Å². The van der Waals surface area contributed by atoms with Gasteiger partial charge in [0.1, 0.15) is 5.82 Å². The summed E-state index contributed by atoms with van der Waals surface area (Å²) >= 11 is 0. The lowest BCUT2D eigenvalue weighted by atomic mass is 10.1. The number of carbonyl (C=O) groups is 1. The van der Waals surface area contributed by atoms with Crippen LogP contribution < -0.4 is 0 Å². The Labute approximate surface area is 101 Å². The average molecular weight is 233 g/mol. The SMILES string of the molecule is C=CCN(CC=C)C(=O)Cc1cccc(F)c1. The van der Waals surface area contributed by atoms with E-state index in [1.54, 1.807) is 29.2 Å². The van der Waals surface area contributed by atoms with E-state index in [4.69, 9.17) is 0 Å². The predicted molar refractivity (Wildman–Crippen MR) is 67.1 cm³/mol. The van der Waals surface area contributed by atoms with Crippen LogP contribution in [-0.2, 0) is 11.2 Å². The van der Waals surface area contributed by atoms with E-state index in [0.29, 0.717) is 18.7 Å². The standard InChI is InChI=1S/C14H16FNO/c1-3-8-16(9-4-2)14(17)11-12-6-5-7-13(15)10-12/h3-7,10H,1-2,8-9,11H2. The molecule has 0 saturated carbocycles. The lowest BCUT2D eigenvalue weighted by Crippen LogP contribution is -2.32. The quantitative estimate of drug-likeness (QED) is 0.691. The Morgan fingerprint density at radius 3 is 2.47 bits per heavy atom. The summed E-state index contributed by atoms with van der Waals surface area (Å²) in [5, 5.41) is 0. The molecular weight excluding hydrogens is 217 g/mol. The van der Waals surface area contributed by atoms with Crippen LogP contribution >= 0.6 is 0 Å². The Morgan fingerprint density at radius 1 is 1.29 bits per heavy atom. The second-order valence-corrected chi connectivity index (χ2v) is 3.68.